The molecule has 0 aliphatic carbocycles. The van der Waals surface area contributed by atoms with Crippen molar-refractivity contribution in [1.82, 2.24) is 9.55 Å². The fourth-order valence-electron chi connectivity index (χ4n) is 2.85. The maximum absolute atomic E-state index is 11.8. The molecule has 0 radical (unpaired) electrons. The maximum atomic E-state index is 11.8. The van der Waals surface area contributed by atoms with E-state index < -0.39 is 0 Å². The van der Waals surface area contributed by atoms with Crippen molar-refractivity contribution < 1.29 is 14.3 Å². The number of rotatable bonds is 8. The van der Waals surface area contributed by atoms with Gasteiger partial charge in [0.25, 0.3) is 0 Å². The third kappa shape index (κ3) is 4.76. The first-order valence-corrected chi connectivity index (χ1v) is 9.13. The smallest absolute Gasteiger partial charge is 0.330 e. The molecule has 0 fully saturated rings. The van der Waals surface area contributed by atoms with Gasteiger partial charge in [-0.15, -0.1) is 0 Å². The van der Waals surface area contributed by atoms with Crippen molar-refractivity contribution in [1.29, 1.82) is 0 Å². The Hall–Kier alpha value is -3.08. The normalized spacial score (nSPS) is 11.2. The molecule has 0 saturated carbocycles. The number of unbranched alkanes of at least 4 members (excludes halogenated alkanes) is 1. The van der Waals surface area contributed by atoms with E-state index in [9.17, 15) is 4.79 Å². The summed E-state index contributed by atoms with van der Waals surface area (Å²) < 4.78 is 12.5. The summed E-state index contributed by atoms with van der Waals surface area (Å²) in [5, 5.41) is 1.00. The van der Waals surface area contributed by atoms with Gasteiger partial charge in [-0.25, -0.2) is 9.78 Å². The number of ether oxygens (including phenoxy) is 2. The fraction of sp³-hybridized carbons (Fsp3) is 0.273. The second kappa shape index (κ2) is 9.03. The number of fused-ring (bicyclic) bond motifs is 1. The number of methoxy groups -OCH3 is 1. The molecular weight excluding hydrogens is 340 g/mol. The minimum Gasteiger partial charge on any atom is -0.497 e. The van der Waals surface area contributed by atoms with Gasteiger partial charge in [-0.2, -0.15) is 0 Å². The third-order valence-corrected chi connectivity index (χ3v) is 4.32. The van der Waals surface area contributed by atoms with Gasteiger partial charge < -0.3 is 14.0 Å². The van der Waals surface area contributed by atoms with E-state index in [0.29, 0.717) is 13.2 Å². The first-order chi connectivity index (χ1) is 13.2. The zero-order valence-electron chi connectivity index (χ0n) is 15.7. The van der Waals surface area contributed by atoms with Crippen LogP contribution in [0.1, 0.15) is 30.9 Å². The maximum Gasteiger partial charge on any atom is 0.330 e. The van der Waals surface area contributed by atoms with Crippen LogP contribution in [0.2, 0.25) is 0 Å². The molecular formula is C22H24N2O3. The molecule has 0 bridgehead atoms. The average Bonchev–Trinajstić information content (AvgIpc) is 3.05. The lowest BCUT2D eigenvalue weighted by atomic mass is 10.2. The molecule has 0 aliphatic rings. The molecule has 0 saturated heterocycles. The average molecular weight is 364 g/mol. The third-order valence-electron chi connectivity index (χ3n) is 4.32. The molecule has 5 nitrogen and oxygen atoms in total. The summed E-state index contributed by atoms with van der Waals surface area (Å²) in [6, 6.07) is 11.9. The Balaban J connectivity index is 1.81. The van der Waals surface area contributed by atoms with Crippen LogP contribution in [0.25, 0.3) is 17.1 Å². The molecule has 0 aliphatic heterocycles. The lowest BCUT2D eigenvalue weighted by molar-refractivity contribution is -0.137. The van der Waals surface area contributed by atoms with Gasteiger partial charge >= 0.3 is 5.97 Å². The number of pyridine rings is 1. The van der Waals surface area contributed by atoms with Gasteiger partial charge in [0.15, 0.2) is 0 Å². The van der Waals surface area contributed by atoms with E-state index in [4.69, 9.17) is 9.47 Å². The molecule has 0 amide bonds. The molecule has 3 rings (SSSR count). The minimum atomic E-state index is -0.316. The van der Waals surface area contributed by atoms with E-state index >= 15 is 0 Å². The van der Waals surface area contributed by atoms with Crippen molar-refractivity contribution in [2.45, 2.75) is 26.3 Å². The summed E-state index contributed by atoms with van der Waals surface area (Å²) in [6.07, 6.45) is 8.95. The zero-order chi connectivity index (χ0) is 19.1. The van der Waals surface area contributed by atoms with Crippen molar-refractivity contribution in [3.63, 3.8) is 0 Å². The van der Waals surface area contributed by atoms with Crippen LogP contribution in [-0.2, 0) is 16.1 Å². The van der Waals surface area contributed by atoms with Crippen molar-refractivity contribution in [2.75, 3.05) is 13.7 Å². The molecule has 140 valence electrons. The highest BCUT2D eigenvalue weighted by Gasteiger charge is 2.09. The molecule has 0 spiro atoms. The van der Waals surface area contributed by atoms with E-state index in [1.807, 2.05) is 42.6 Å². The second-order valence-electron chi connectivity index (χ2n) is 6.29. The molecule has 2 heterocycles. The number of hydrogen-bond acceptors (Lipinski definition) is 4. The largest absolute Gasteiger partial charge is 0.497 e. The minimum absolute atomic E-state index is 0.316. The van der Waals surface area contributed by atoms with E-state index in [1.165, 1.54) is 6.08 Å². The molecule has 1 aromatic carbocycles. The highest BCUT2D eigenvalue weighted by Crippen LogP contribution is 2.22. The van der Waals surface area contributed by atoms with Crippen LogP contribution in [0, 0.1) is 0 Å². The zero-order valence-corrected chi connectivity index (χ0v) is 15.7. The lowest BCUT2D eigenvalue weighted by Gasteiger charge is -2.06. The molecule has 0 N–H and O–H groups in total. The number of carbonyl (C=O) groups excluding carboxylic acids is 1. The van der Waals surface area contributed by atoms with E-state index in [1.54, 1.807) is 19.4 Å². The van der Waals surface area contributed by atoms with Crippen LogP contribution >= 0.6 is 0 Å². The van der Waals surface area contributed by atoms with Gasteiger partial charge in [-0.1, -0.05) is 25.5 Å². The standard InChI is InChI=1S/C22H24N2O3/c1-3-4-14-27-21(25)12-9-18-16-24(22-20(18)6-5-13-23-22)15-17-7-10-19(26-2)11-8-17/h5-13,16H,3-4,14-15H2,1-2H3/b12-9+. The summed E-state index contributed by atoms with van der Waals surface area (Å²) in [6.45, 7) is 3.21. The first kappa shape index (κ1) is 18.7. The number of aromatic nitrogens is 2. The number of benzene rings is 1. The van der Waals surface area contributed by atoms with Crippen molar-refractivity contribution in [3.05, 3.63) is 66.0 Å². The van der Waals surface area contributed by atoms with Crippen molar-refractivity contribution in [3.8, 4) is 5.75 Å². The van der Waals surface area contributed by atoms with Gasteiger partial charge in [0.1, 0.15) is 11.4 Å². The summed E-state index contributed by atoms with van der Waals surface area (Å²) in [5.74, 6) is 0.517. The quantitative estimate of drug-likeness (QED) is 0.337. The number of nitrogens with zero attached hydrogens (tertiary/aromatic N) is 2. The molecule has 5 heteroatoms. The van der Waals surface area contributed by atoms with Gasteiger partial charge in [0.05, 0.1) is 13.7 Å². The van der Waals surface area contributed by atoms with Crippen LogP contribution in [0.4, 0.5) is 0 Å². The highest BCUT2D eigenvalue weighted by molar-refractivity contribution is 5.93. The van der Waals surface area contributed by atoms with Crippen LogP contribution in [0.5, 0.6) is 5.75 Å². The van der Waals surface area contributed by atoms with Crippen LogP contribution in [0.3, 0.4) is 0 Å². The molecule has 27 heavy (non-hydrogen) atoms. The molecule has 0 unspecified atom stereocenters. The van der Waals surface area contributed by atoms with Gasteiger partial charge in [-0.3, -0.25) is 0 Å². The lowest BCUT2D eigenvalue weighted by Crippen LogP contribution is -2.01. The van der Waals surface area contributed by atoms with Crippen LogP contribution < -0.4 is 4.74 Å². The first-order valence-electron chi connectivity index (χ1n) is 9.13. The Morgan fingerprint density at radius 1 is 1.22 bits per heavy atom. The van der Waals surface area contributed by atoms with E-state index in [-0.39, 0.29) is 5.97 Å². The summed E-state index contributed by atoms with van der Waals surface area (Å²) >= 11 is 0. The number of hydrogen-bond donors (Lipinski definition) is 0. The highest BCUT2D eigenvalue weighted by atomic mass is 16.5. The van der Waals surface area contributed by atoms with E-state index in [2.05, 4.69) is 16.5 Å². The van der Waals surface area contributed by atoms with Crippen molar-refractivity contribution in [2.24, 2.45) is 0 Å². The Kier molecular flexibility index (Phi) is 6.26. The van der Waals surface area contributed by atoms with Crippen LogP contribution in [0.15, 0.2) is 54.9 Å². The van der Waals surface area contributed by atoms with Gasteiger partial charge in [-0.05, 0) is 42.3 Å². The summed E-state index contributed by atoms with van der Waals surface area (Å²) in [4.78, 5) is 16.3. The van der Waals surface area contributed by atoms with Gasteiger partial charge in [0, 0.05) is 36.0 Å². The predicted molar refractivity (Wildman–Crippen MR) is 107 cm³/mol. The fourth-order valence-corrected chi connectivity index (χ4v) is 2.85. The number of carbonyl (C=O) groups is 1. The van der Waals surface area contributed by atoms with Crippen LogP contribution in [-0.4, -0.2) is 29.2 Å². The van der Waals surface area contributed by atoms with E-state index in [0.717, 1.165) is 40.8 Å². The Labute approximate surface area is 159 Å². The Morgan fingerprint density at radius 2 is 2.04 bits per heavy atom. The second-order valence-corrected chi connectivity index (χ2v) is 6.29. The Morgan fingerprint density at radius 3 is 2.78 bits per heavy atom. The summed E-state index contributed by atoms with van der Waals surface area (Å²) in [5.41, 5.74) is 2.97. The van der Waals surface area contributed by atoms with Crippen molar-refractivity contribution >= 4 is 23.1 Å². The Bertz CT molecular complexity index is 926. The molecule has 0 atom stereocenters. The number of esters is 1. The predicted octanol–water partition coefficient (Wildman–Crippen LogP) is 4.45. The SMILES string of the molecule is CCCCOC(=O)/C=C/c1cn(Cc2ccc(OC)cc2)c2ncccc12. The monoisotopic (exact) mass is 364 g/mol. The van der Waals surface area contributed by atoms with Gasteiger partial charge in [0.2, 0.25) is 0 Å². The molecule has 2 aromatic heterocycles. The molecule has 3 aromatic rings. The topological polar surface area (TPSA) is 53.4 Å². The summed E-state index contributed by atoms with van der Waals surface area (Å²) in [7, 11) is 1.66.